The molecule has 10 heteroatoms. The van der Waals surface area contributed by atoms with Gasteiger partial charge in [-0.1, -0.05) is 17.7 Å². The number of ether oxygens (including phenoxy) is 1. The van der Waals surface area contributed by atoms with Crippen LogP contribution in [0.3, 0.4) is 0 Å². The molecule has 2 aromatic carbocycles. The van der Waals surface area contributed by atoms with Crippen LogP contribution in [0.15, 0.2) is 58.3 Å². The van der Waals surface area contributed by atoms with Crippen LogP contribution in [0, 0.1) is 0 Å². The number of nitrogens with zero attached hydrogens (tertiary/aromatic N) is 2. The minimum atomic E-state index is -3.72. The lowest BCUT2D eigenvalue weighted by molar-refractivity contribution is 0.273. The van der Waals surface area contributed by atoms with Crippen molar-refractivity contribution in [3.05, 3.63) is 53.6 Å². The van der Waals surface area contributed by atoms with Gasteiger partial charge in [0.2, 0.25) is 20.0 Å². The molecule has 0 unspecified atom stereocenters. The largest absolute Gasteiger partial charge is 0.497 e. The van der Waals surface area contributed by atoms with Gasteiger partial charge in [-0.3, -0.25) is 0 Å². The SMILES string of the molecule is COc1ccc(S(=O)(=O)N2CCN(S(=O)(=O)c3cccc(Cl)c3)CC2)cc1. The predicted molar refractivity (Wildman–Crippen MR) is 102 cm³/mol. The second kappa shape index (κ2) is 7.76. The van der Waals surface area contributed by atoms with Crippen LogP contribution >= 0.6 is 11.6 Å². The minimum absolute atomic E-state index is 0.0736. The van der Waals surface area contributed by atoms with E-state index in [-0.39, 0.29) is 36.0 Å². The number of halogens is 1. The predicted octanol–water partition coefficient (Wildman–Crippen LogP) is 2.04. The lowest BCUT2D eigenvalue weighted by atomic mass is 10.3. The van der Waals surface area contributed by atoms with Crippen molar-refractivity contribution in [1.29, 1.82) is 0 Å². The van der Waals surface area contributed by atoms with Crippen LogP contribution in [0.1, 0.15) is 0 Å². The second-order valence-electron chi connectivity index (χ2n) is 5.94. The van der Waals surface area contributed by atoms with Crippen molar-refractivity contribution in [1.82, 2.24) is 8.61 Å². The average Bonchev–Trinajstić information content (AvgIpc) is 2.68. The Kier molecular flexibility index (Phi) is 5.78. The highest BCUT2D eigenvalue weighted by Crippen LogP contribution is 2.24. The van der Waals surface area contributed by atoms with Gasteiger partial charge >= 0.3 is 0 Å². The highest BCUT2D eigenvalue weighted by molar-refractivity contribution is 7.89. The van der Waals surface area contributed by atoms with Crippen molar-refractivity contribution in [2.75, 3.05) is 33.3 Å². The number of hydrogen-bond donors (Lipinski definition) is 0. The summed E-state index contributed by atoms with van der Waals surface area (Å²) in [5, 5.41) is 0.330. The first-order chi connectivity index (χ1) is 12.7. The van der Waals surface area contributed by atoms with E-state index in [1.54, 1.807) is 24.3 Å². The van der Waals surface area contributed by atoms with Gasteiger partial charge < -0.3 is 4.74 Å². The molecule has 0 aliphatic carbocycles. The van der Waals surface area contributed by atoms with Gasteiger partial charge in [0.15, 0.2) is 0 Å². The first-order valence-electron chi connectivity index (χ1n) is 8.15. The third-order valence-corrected chi connectivity index (χ3v) is 8.37. The topological polar surface area (TPSA) is 84.0 Å². The van der Waals surface area contributed by atoms with Gasteiger partial charge in [0.25, 0.3) is 0 Å². The van der Waals surface area contributed by atoms with Gasteiger partial charge in [-0.2, -0.15) is 8.61 Å². The van der Waals surface area contributed by atoms with Crippen molar-refractivity contribution in [3.8, 4) is 5.75 Å². The van der Waals surface area contributed by atoms with Crippen LogP contribution in [0.4, 0.5) is 0 Å². The van der Waals surface area contributed by atoms with E-state index in [0.717, 1.165) is 0 Å². The highest BCUT2D eigenvalue weighted by Gasteiger charge is 2.33. The van der Waals surface area contributed by atoms with Crippen LogP contribution < -0.4 is 4.74 Å². The zero-order chi connectivity index (χ0) is 19.7. The average molecular weight is 431 g/mol. The molecule has 0 saturated carbocycles. The Morgan fingerprint density at radius 2 is 1.33 bits per heavy atom. The zero-order valence-electron chi connectivity index (χ0n) is 14.6. The quantitative estimate of drug-likeness (QED) is 0.724. The Labute approximate surface area is 164 Å². The molecule has 1 aliphatic heterocycles. The molecule has 0 amide bonds. The fourth-order valence-electron chi connectivity index (χ4n) is 2.82. The fraction of sp³-hybridized carbons (Fsp3) is 0.294. The molecule has 1 heterocycles. The Balaban J connectivity index is 1.74. The molecule has 0 atom stereocenters. The molecule has 7 nitrogen and oxygen atoms in total. The molecule has 0 radical (unpaired) electrons. The summed E-state index contributed by atoms with van der Waals surface area (Å²) in [6.07, 6.45) is 0. The maximum atomic E-state index is 12.8. The summed E-state index contributed by atoms with van der Waals surface area (Å²) in [4.78, 5) is 0.246. The molecule has 3 rings (SSSR count). The summed E-state index contributed by atoms with van der Waals surface area (Å²) in [6, 6.07) is 12.1. The minimum Gasteiger partial charge on any atom is -0.497 e. The fourth-order valence-corrected chi connectivity index (χ4v) is 5.97. The van der Waals surface area contributed by atoms with Crippen LogP contribution in [0.5, 0.6) is 5.75 Å². The van der Waals surface area contributed by atoms with E-state index in [1.807, 2.05) is 0 Å². The maximum Gasteiger partial charge on any atom is 0.243 e. The number of rotatable bonds is 5. The van der Waals surface area contributed by atoms with Gasteiger partial charge in [0.05, 0.1) is 16.9 Å². The van der Waals surface area contributed by atoms with Gasteiger partial charge in [0, 0.05) is 31.2 Å². The molecule has 2 aromatic rings. The number of methoxy groups -OCH3 is 1. The lowest BCUT2D eigenvalue weighted by Gasteiger charge is -2.33. The Morgan fingerprint density at radius 3 is 1.81 bits per heavy atom. The molecule has 146 valence electrons. The van der Waals surface area contributed by atoms with Crippen molar-refractivity contribution < 1.29 is 21.6 Å². The lowest BCUT2D eigenvalue weighted by Crippen LogP contribution is -2.50. The van der Waals surface area contributed by atoms with Crippen molar-refractivity contribution in [2.45, 2.75) is 9.79 Å². The van der Waals surface area contributed by atoms with Crippen molar-refractivity contribution in [2.24, 2.45) is 0 Å². The summed E-state index contributed by atoms with van der Waals surface area (Å²) in [5.41, 5.74) is 0. The molecule has 0 spiro atoms. The third kappa shape index (κ3) is 4.12. The number of hydrogen-bond acceptors (Lipinski definition) is 5. The van der Waals surface area contributed by atoms with Crippen molar-refractivity contribution in [3.63, 3.8) is 0 Å². The summed E-state index contributed by atoms with van der Waals surface area (Å²) in [6.45, 7) is 0.302. The number of sulfonamides is 2. The summed E-state index contributed by atoms with van der Waals surface area (Å²) in [7, 11) is -5.91. The van der Waals surface area contributed by atoms with Crippen LogP contribution in [0.25, 0.3) is 0 Å². The van der Waals surface area contributed by atoms with Gasteiger partial charge in [-0.15, -0.1) is 0 Å². The van der Waals surface area contributed by atoms with E-state index in [0.29, 0.717) is 10.8 Å². The maximum absolute atomic E-state index is 12.8. The molecule has 0 bridgehead atoms. The van der Waals surface area contributed by atoms with Crippen LogP contribution in [0.2, 0.25) is 5.02 Å². The molecular formula is C17H19ClN2O5S2. The Morgan fingerprint density at radius 1 is 0.815 bits per heavy atom. The second-order valence-corrected chi connectivity index (χ2v) is 10.3. The molecule has 0 aromatic heterocycles. The van der Waals surface area contributed by atoms with Crippen LogP contribution in [-0.2, 0) is 20.0 Å². The molecular weight excluding hydrogens is 412 g/mol. The van der Waals surface area contributed by atoms with E-state index in [4.69, 9.17) is 16.3 Å². The molecule has 0 N–H and O–H groups in total. The first kappa shape index (κ1) is 20.1. The Bertz CT molecular complexity index is 1020. The summed E-state index contributed by atoms with van der Waals surface area (Å²) in [5.74, 6) is 0.561. The van der Waals surface area contributed by atoms with Crippen LogP contribution in [-0.4, -0.2) is 58.7 Å². The monoisotopic (exact) mass is 430 g/mol. The van der Waals surface area contributed by atoms with Gasteiger partial charge in [-0.05, 0) is 42.5 Å². The summed E-state index contributed by atoms with van der Waals surface area (Å²) < 4.78 is 58.6. The van der Waals surface area contributed by atoms with E-state index >= 15 is 0 Å². The highest BCUT2D eigenvalue weighted by atomic mass is 35.5. The van der Waals surface area contributed by atoms with E-state index in [9.17, 15) is 16.8 Å². The Hall–Kier alpha value is -1.65. The zero-order valence-corrected chi connectivity index (χ0v) is 17.0. The molecule has 1 fully saturated rings. The smallest absolute Gasteiger partial charge is 0.243 e. The molecule has 1 saturated heterocycles. The number of piperazine rings is 1. The van der Waals surface area contributed by atoms with Crippen molar-refractivity contribution >= 4 is 31.6 Å². The van der Waals surface area contributed by atoms with E-state index in [1.165, 1.54) is 40.0 Å². The standard InChI is InChI=1S/C17H19ClN2O5S2/c1-25-15-5-7-16(8-6-15)26(21,22)19-9-11-20(12-10-19)27(23,24)17-4-2-3-14(18)13-17/h2-8,13H,9-12H2,1H3. The number of benzene rings is 2. The molecule has 27 heavy (non-hydrogen) atoms. The summed E-state index contributed by atoms with van der Waals surface area (Å²) >= 11 is 5.88. The molecule has 1 aliphatic rings. The third-order valence-electron chi connectivity index (χ3n) is 4.33. The van der Waals surface area contributed by atoms with E-state index in [2.05, 4.69) is 0 Å². The van der Waals surface area contributed by atoms with Gasteiger partial charge in [-0.25, -0.2) is 16.8 Å². The van der Waals surface area contributed by atoms with Gasteiger partial charge in [0.1, 0.15) is 5.75 Å². The normalized spacial score (nSPS) is 17.0. The first-order valence-corrected chi connectivity index (χ1v) is 11.4. The van der Waals surface area contributed by atoms with E-state index < -0.39 is 20.0 Å².